The molecule has 1 aliphatic carbocycles. The molecule has 1 saturated carbocycles. The van der Waals surface area contributed by atoms with Gasteiger partial charge in [-0.1, -0.05) is 0 Å². The van der Waals surface area contributed by atoms with E-state index in [1.165, 1.54) is 0 Å². The second kappa shape index (κ2) is 3.52. The Hall–Kier alpha value is -0.120. The highest BCUT2D eigenvalue weighted by Crippen LogP contribution is 2.20. The van der Waals surface area contributed by atoms with Crippen molar-refractivity contribution in [1.82, 2.24) is 4.90 Å². The van der Waals surface area contributed by atoms with Gasteiger partial charge in [-0.25, -0.2) is 0 Å². The van der Waals surface area contributed by atoms with Crippen LogP contribution in [0.3, 0.4) is 0 Å². The lowest BCUT2D eigenvalue weighted by Gasteiger charge is -2.35. The van der Waals surface area contributed by atoms with Gasteiger partial charge in [0.15, 0.2) is 0 Å². The molecule has 0 unspecified atom stereocenters. The first-order chi connectivity index (χ1) is 5.11. The fourth-order valence-electron chi connectivity index (χ4n) is 1.76. The van der Waals surface area contributed by atoms with Crippen LogP contribution in [-0.4, -0.2) is 42.3 Å². The molecule has 0 aliphatic heterocycles. The summed E-state index contributed by atoms with van der Waals surface area (Å²) in [6.07, 6.45) is 2.59. The number of hydrogen-bond acceptors (Lipinski definition) is 3. The zero-order valence-corrected chi connectivity index (χ0v) is 7.33. The highest BCUT2D eigenvalue weighted by atomic mass is 16.3. The molecule has 66 valence electrons. The van der Waals surface area contributed by atoms with Gasteiger partial charge >= 0.3 is 0 Å². The summed E-state index contributed by atoms with van der Waals surface area (Å²) in [5, 5.41) is 9.59. The second-order valence-corrected chi connectivity index (χ2v) is 3.67. The van der Waals surface area contributed by atoms with Crippen LogP contribution in [0.4, 0.5) is 0 Å². The first-order valence-corrected chi connectivity index (χ1v) is 4.21. The molecule has 0 saturated heterocycles. The Bertz CT molecular complexity index is 127. The van der Waals surface area contributed by atoms with Crippen molar-refractivity contribution >= 4 is 0 Å². The third-order valence-corrected chi connectivity index (χ3v) is 2.48. The maximum absolute atomic E-state index is 9.59. The largest absolute Gasteiger partial charge is 0.391 e. The van der Waals surface area contributed by atoms with E-state index in [0.29, 0.717) is 6.04 Å². The van der Waals surface area contributed by atoms with Crippen LogP contribution in [0, 0.1) is 0 Å². The minimum Gasteiger partial charge on any atom is -0.391 e. The van der Waals surface area contributed by atoms with Crippen molar-refractivity contribution in [3.8, 4) is 0 Å². The zero-order chi connectivity index (χ0) is 8.43. The Morgan fingerprint density at radius 3 is 2.45 bits per heavy atom. The number of likely N-dealkylation sites (N-methyl/N-ethyl adjacent to an activating group) is 1. The van der Waals surface area contributed by atoms with E-state index in [0.717, 1.165) is 19.3 Å². The van der Waals surface area contributed by atoms with Crippen LogP contribution in [0.1, 0.15) is 19.3 Å². The van der Waals surface area contributed by atoms with Gasteiger partial charge in [-0.15, -0.1) is 0 Å². The molecule has 0 amide bonds. The molecule has 1 aliphatic rings. The van der Waals surface area contributed by atoms with E-state index in [4.69, 9.17) is 5.73 Å². The quantitative estimate of drug-likeness (QED) is 0.555. The molecule has 0 aromatic heterocycles. The summed E-state index contributed by atoms with van der Waals surface area (Å²) in [5.74, 6) is 0. The van der Waals surface area contributed by atoms with Crippen LogP contribution in [0.2, 0.25) is 0 Å². The van der Waals surface area contributed by atoms with E-state index < -0.39 is 0 Å². The standard InChI is InChI=1S/C8H18N2O/c1-10(2)7-4-3-6(9)5-8(7)11/h6-8,11H,3-5,9H2,1-2H3/t6-,7-,8-/m0/s1. The Kier molecular flexibility index (Phi) is 2.87. The van der Waals surface area contributed by atoms with Gasteiger partial charge in [-0.2, -0.15) is 0 Å². The first-order valence-electron chi connectivity index (χ1n) is 4.21. The molecule has 11 heavy (non-hydrogen) atoms. The summed E-state index contributed by atoms with van der Waals surface area (Å²) in [4.78, 5) is 2.08. The molecule has 3 nitrogen and oxygen atoms in total. The molecular formula is C8H18N2O. The van der Waals surface area contributed by atoms with E-state index in [1.807, 2.05) is 14.1 Å². The van der Waals surface area contributed by atoms with E-state index in [2.05, 4.69) is 4.90 Å². The van der Waals surface area contributed by atoms with E-state index >= 15 is 0 Å². The molecule has 0 aromatic rings. The normalized spacial score (nSPS) is 39.5. The third kappa shape index (κ3) is 2.15. The van der Waals surface area contributed by atoms with Crippen LogP contribution in [0.15, 0.2) is 0 Å². The predicted octanol–water partition coefficient (Wildman–Crippen LogP) is -0.211. The molecule has 0 aromatic carbocycles. The molecule has 0 radical (unpaired) electrons. The summed E-state index contributed by atoms with van der Waals surface area (Å²) < 4.78 is 0. The molecule has 3 atom stereocenters. The van der Waals surface area contributed by atoms with Crippen molar-refractivity contribution in [3.63, 3.8) is 0 Å². The van der Waals surface area contributed by atoms with Crippen molar-refractivity contribution in [3.05, 3.63) is 0 Å². The Labute approximate surface area is 68.2 Å². The molecular weight excluding hydrogens is 140 g/mol. The van der Waals surface area contributed by atoms with Gasteiger partial charge in [-0.3, -0.25) is 0 Å². The predicted molar refractivity (Wildman–Crippen MR) is 45.3 cm³/mol. The highest BCUT2D eigenvalue weighted by Gasteiger charge is 2.28. The van der Waals surface area contributed by atoms with Gasteiger partial charge in [-0.05, 0) is 33.4 Å². The fraction of sp³-hybridized carbons (Fsp3) is 1.00. The van der Waals surface area contributed by atoms with Crippen LogP contribution in [-0.2, 0) is 0 Å². The van der Waals surface area contributed by atoms with Gasteiger partial charge in [0.25, 0.3) is 0 Å². The van der Waals surface area contributed by atoms with Gasteiger partial charge in [0.2, 0.25) is 0 Å². The van der Waals surface area contributed by atoms with Crippen LogP contribution in [0.5, 0.6) is 0 Å². The number of nitrogens with two attached hydrogens (primary N) is 1. The van der Waals surface area contributed by atoms with Gasteiger partial charge < -0.3 is 15.7 Å². The number of rotatable bonds is 1. The van der Waals surface area contributed by atoms with Crippen molar-refractivity contribution in [1.29, 1.82) is 0 Å². The number of aliphatic hydroxyl groups is 1. The molecule has 1 rings (SSSR count). The summed E-state index contributed by atoms with van der Waals surface area (Å²) >= 11 is 0. The maximum Gasteiger partial charge on any atom is 0.0709 e. The van der Waals surface area contributed by atoms with Crippen molar-refractivity contribution in [2.75, 3.05) is 14.1 Å². The van der Waals surface area contributed by atoms with E-state index in [9.17, 15) is 5.11 Å². The van der Waals surface area contributed by atoms with E-state index in [1.54, 1.807) is 0 Å². The van der Waals surface area contributed by atoms with Crippen molar-refractivity contribution in [2.45, 2.75) is 37.5 Å². The smallest absolute Gasteiger partial charge is 0.0709 e. The number of nitrogens with zero attached hydrogens (tertiary/aromatic N) is 1. The molecule has 0 spiro atoms. The van der Waals surface area contributed by atoms with Gasteiger partial charge in [0, 0.05) is 12.1 Å². The maximum atomic E-state index is 9.59. The average Bonchev–Trinajstić information content (AvgIpc) is 1.85. The van der Waals surface area contributed by atoms with E-state index in [-0.39, 0.29) is 12.1 Å². The summed E-state index contributed by atoms with van der Waals surface area (Å²) in [5.41, 5.74) is 5.71. The molecule has 0 bridgehead atoms. The van der Waals surface area contributed by atoms with Crippen molar-refractivity contribution < 1.29 is 5.11 Å². The lowest BCUT2D eigenvalue weighted by molar-refractivity contribution is 0.0368. The number of hydrogen-bond donors (Lipinski definition) is 2. The third-order valence-electron chi connectivity index (χ3n) is 2.48. The van der Waals surface area contributed by atoms with Crippen molar-refractivity contribution in [2.24, 2.45) is 5.73 Å². The number of aliphatic hydroxyl groups excluding tert-OH is 1. The molecule has 0 heterocycles. The fourth-order valence-corrected chi connectivity index (χ4v) is 1.76. The summed E-state index contributed by atoms with van der Waals surface area (Å²) in [7, 11) is 4.01. The Morgan fingerprint density at radius 2 is 2.00 bits per heavy atom. The van der Waals surface area contributed by atoms with Crippen LogP contribution < -0.4 is 5.73 Å². The molecule has 3 heteroatoms. The summed E-state index contributed by atoms with van der Waals surface area (Å²) in [6.45, 7) is 0. The van der Waals surface area contributed by atoms with Crippen LogP contribution in [0.25, 0.3) is 0 Å². The lowest BCUT2D eigenvalue weighted by atomic mass is 9.89. The lowest BCUT2D eigenvalue weighted by Crippen LogP contribution is -2.46. The average molecular weight is 158 g/mol. The Morgan fingerprint density at radius 1 is 1.36 bits per heavy atom. The topological polar surface area (TPSA) is 49.5 Å². The molecule has 1 fully saturated rings. The SMILES string of the molecule is CN(C)[C@H]1CC[C@H](N)C[C@@H]1O. The molecule has 3 N–H and O–H groups in total. The van der Waals surface area contributed by atoms with Gasteiger partial charge in [0.1, 0.15) is 0 Å². The second-order valence-electron chi connectivity index (χ2n) is 3.67. The monoisotopic (exact) mass is 158 g/mol. The first kappa shape index (κ1) is 8.97. The van der Waals surface area contributed by atoms with Gasteiger partial charge in [0.05, 0.1) is 6.10 Å². The minimum atomic E-state index is -0.228. The zero-order valence-electron chi connectivity index (χ0n) is 7.33. The minimum absolute atomic E-state index is 0.209. The Balaban J connectivity index is 2.44. The highest BCUT2D eigenvalue weighted by molar-refractivity contribution is 4.85. The summed E-state index contributed by atoms with van der Waals surface area (Å²) in [6, 6.07) is 0.524. The van der Waals surface area contributed by atoms with Crippen LogP contribution >= 0.6 is 0 Å².